The fourth-order valence-corrected chi connectivity index (χ4v) is 2.26. The standard InChI is InChI=1S/C15H8F3N3/c16-15(17,18)13-4-2-1-3-10(13)12-8-20-14-11(12)6-5-9(7-19)21-14/h1-6,8H,(H,20,21). The number of nitrogens with zero attached hydrogens (tertiary/aromatic N) is 2. The second-order valence-corrected chi connectivity index (χ2v) is 4.45. The number of halogens is 3. The van der Waals surface area contributed by atoms with Crippen molar-refractivity contribution in [2.45, 2.75) is 6.18 Å². The average Bonchev–Trinajstić information content (AvgIpc) is 2.89. The lowest BCUT2D eigenvalue weighted by atomic mass is 9.99. The molecule has 0 aliphatic heterocycles. The maximum absolute atomic E-state index is 13.1. The lowest BCUT2D eigenvalue weighted by molar-refractivity contribution is -0.137. The molecule has 1 aromatic carbocycles. The van der Waals surface area contributed by atoms with Crippen molar-refractivity contribution in [3.8, 4) is 17.2 Å². The summed E-state index contributed by atoms with van der Waals surface area (Å²) in [7, 11) is 0. The second-order valence-electron chi connectivity index (χ2n) is 4.45. The Balaban J connectivity index is 2.25. The maximum Gasteiger partial charge on any atom is 0.417 e. The van der Waals surface area contributed by atoms with Crippen LogP contribution in [-0.2, 0) is 6.18 Å². The molecule has 0 bridgehead atoms. The van der Waals surface area contributed by atoms with Crippen molar-refractivity contribution in [3.63, 3.8) is 0 Å². The summed E-state index contributed by atoms with van der Waals surface area (Å²) in [6, 6.07) is 10.3. The van der Waals surface area contributed by atoms with Crippen LogP contribution in [0.2, 0.25) is 0 Å². The van der Waals surface area contributed by atoms with Crippen LogP contribution in [0.4, 0.5) is 13.2 Å². The Bertz CT molecular complexity index is 856. The molecule has 0 amide bonds. The van der Waals surface area contributed by atoms with Crippen molar-refractivity contribution in [2.75, 3.05) is 0 Å². The number of benzene rings is 1. The maximum atomic E-state index is 13.1. The van der Waals surface area contributed by atoms with Crippen LogP contribution >= 0.6 is 0 Å². The predicted octanol–water partition coefficient (Wildman–Crippen LogP) is 4.12. The summed E-state index contributed by atoms with van der Waals surface area (Å²) in [5.74, 6) is 0. The Morgan fingerprint density at radius 3 is 2.52 bits per heavy atom. The Labute approximate surface area is 117 Å². The van der Waals surface area contributed by atoms with E-state index in [1.165, 1.54) is 24.4 Å². The van der Waals surface area contributed by atoms with Crippen LogP contribution in [0.25, 0.3) is 22.2 Å². The zero-order valence-electron chi connectivity index (χ0n) is 10.6. The van der Waals surface area contributed by atoms with Gasteiger partial charge in [-0.3, -0.25) is 0 Å². The molecule has 21 heavy (non-hydrogen) atoms. The molecule has 0 unspecified atom stereocenters. The SMILES string of the molecule is N#Cc1ccc2c(-c3ccccc3C(F)(F)F)c[nH]c2n1. The number of hydrogen-bond donors (Lipinski definition) is 1. The van der Waals surface area contributed by atoms with E-state index in [1.807, 2.05) is 6.07 Å². The molecule has 3 rings (SSSR count). The lowest BCUT2D eigenvalue weighted by Crippen LogP contribution is -2.06. The molecule has 2 heterocycles. The van der Waals surface area contributed by atoms with Crippen LogP contribution in [0.3, 0.4) is 0 Å². The fraction of sp³-hybridized carbons (Fsp3) is 0.0667. The van der Waals surface area contributed by atoms with Gasteiger partial charge in [0, 0.05) is 17.1 Å². The molecule has 0 atom stereocenters. The van der Waals surface area contributed by atoms with Gasteiger partial charge in [0.2, 0.25) is 0 Å². The summed E-state index contributed by atoms with van der Waals surface area (Å²) in [5, 5.41) is 9.34. The number of nitriles is 1. The predicted molar refractivity (Wildman–Crippen MR) is 71.2 cm³/mol. The van der Waals surface area contributed by atoms with Gasteiger partial charge in [0.1, 0.15) is 17.4 Å². The van der Waals surface area contributed by atoms with Crippen molar-refractivity contribution in [2.24, 2.45) is 0 Å². The number of fused-ring (bicyclic) bond motifs is 1. The number of nitrogens with one attached hydrogen (secondary N) is 1. The Morgan fingerprint density at radius 1 is 1.05 bits per heavy atom. The van der Waals surface area contributed by atoms with E-state index in [1.54, 1.807) is 12.1 Å². The first kappa shape index (κ1) is 13.2. The minimum Gasteiger partial charge on any atom is -0.345 e. The highest BCUT2D eigenvalue weighted by atomic mass is 19.4. The van der Waals surface area contributed by atoms with E-state index < -0.39 is 11.7 Å². The molecule has 6 heteroatoms. The van der Waals surface area contributed by atoms with Gasteiger partial charge in [-0.2, -0.15) is 18.4 Å². The number of alkyl halides is 3. The Hall–Kier alpha value is -2.81. The number of H-pyrrole nitrogens is 1. The summed E-state index contributed by atoms with van der Waals surface area (Å²) < 4.78 is 39.3. The molecule has 0 aliphatic carbocycles. The largest absolute Gasteiger partial charge is 0.417 e. The molecule has 0 saturated carbocycles. The van der Waals surface area contributed by atoms with Gasteiger partial charge in [-0.1, -0.05) is 18.2 Å². The van der Waals surface area contributed by atoms with Crippen molar-refractivity contribution in [1.29, 1.82) is 5.26 Å². The van der Waals surface area contributed by atoms with Crippen LogP contribution in [0.5, 0.6) is 0 Å². The molecular weight excluding hydrogens is 279 g/mol. The third kappa shape index (κ3) is 2.23. The third-order valence-corrected chi connectivity index (χ3v) is 3.18. The van der Waals surface area contributed by atoms with E-state index in [-0.39, 0.29) is 11.3 Å². The van der Waals surface area contributed by atoms with E-state index >= 15 is 0 Å². The molecule has 104 valence electrons. The highest BCUT2D eigenvalue weighted by molar-refractivity contribution is 5.94. The zero-order valence-corrected chi connectivity index (χ0v) is 10.6. The smallest absolute Gasteiger partial charge is 0.345 e. The quantitative estimate of drug-likeness (QED) is 0.732. The number of aromatic nitrogens is 2. The first-order valence-corrected chi connectivity index (χ1v) is 6.05. The van der Waals surface area contributed by atoms with Gasteiger partial charge in [-0.15, -0.1) is 0 Å². The van der Waals surface area contributed by atoms with Crippen molar-refractivity contribution < 1.29 is 13.2 Å². The van der Waals surface area contributed by atoms with E-state index in [2.05, 4.69) is 9.97 Å². The van der Waals surface area contributed by atoms with Gasteiger partial charge in [-0.05, 0) is 23.8 Å². The number of rotatable bonds is 1. The molecule has 0 spiro atoms. The Kier molecular flexibility index (Phi) is 2.91. The molecule has 2 aromatic heterocycles. The van der Waals surface area contributed by atoms with Crippen molar-refractivity contribution >= 4 is 11.0 Å². The molecule has 0 fully saturated rings. The van der Waals surface area contributed by atoms with Gasteiger partial charge in [0.15, 0.2) is 0 Å². The van der Waals surface area contributed by atoms with Gasteiger partial charge in [0.25, 0.3) is 0 Å². The normalized spacial score (nSPS) is 11.5. The van der Waals surface area contributed by atoms with Crippen LogP contribution in [-0.4, -0.2) is 9.97 Å². The summed E-state index contributed by atoms with van der Waals surface area (Å²) in [4.78, 5) is 6.84. The first-order valence-electron chi connectivity index (χ1n) is 6.05. The zero-order chi connectivity index (χ0) is 15.0. The van der Waals surface area contributed by atoms with Crippen LogP contribution < -0.4 is 0 Å². The second kappa shape index (κ2) is 4.63. The van der Waals surface area contributed by atoms with Crippen LogP contribution in [0.15, 0.2) is 42.6 Å². The summed E-state index contributed by atoms with van der Waals surface area (Å²) in [6.45, 7) is 0. The minimum atomic E-state index is -4.43. The van der Waals surface area contributed by atoms with Crippen LogP contribution in [0, 0.1) is 11.3 Å². The molecule has 0 saturated heterocycles. The third-order valence-electron chi connectivity index (χ3n) is 3.18. The van der Waals surface area contributed by atoms with Gasteiger partial charge < -0.3 is 4.98 Å². The van der Waals surface area contributed by atoms with E-state index in [4.69, 9.17) is 5.26 Å². The number of aromatic amines is 1. The molecule has 0 radical (unpaired) electrons. The number of hydrogen-bond acceptors (Lipinski definition) is 2. The average molecular weight is 287 g/mol. The highest BCUT2D eigenvalue weighted by Crippen LogP contribution is 2.39. The van der Waals surface area contributed by atoms with E-state index in [0.29, 0.717) is 16.6 Å². The minimum absolute atomic E-state index is 0.0859. The van der Waals surface area contributed by atoms with E-state index in [9.17, 15) is 13.2 Å². The molecule has 3 nitrogen and oxygen atoms in total. The lowest BCUT2D eigenvalue weighted by Gasteiger charge is -2.11. The monoisotopic (exact) mass is 287 g/mol. The fourth-order valence-electron chi connectivity index (χ4n) is 2.26. The van der Waals surface area contributed by atoms with Gasteiger partial charge >= 0.3 is 6.18 Å². The summed E-state index contributed by atoms with van der Waals surface area (Å²) in [6.07, 6.45) is -2.95. The topological polar surface area (TPSA) is 52.5 Å². The first-order chi connectivity index (χ1) is 10.0. The van der Waals surface area contributed by atoms with Crippen molar-refractivity contribution in [3.05, 3.63) is 53.9 Å². The Morgan fingerprint density at radius 2 is 1.81 bits per heavy atom. The number of pyridine rings is 1. The van der Waals surface area contributed by atoms with Crippen molar-refractivity contribution in [1.82, 2.24) is 9.97 Å². The van der Waals surface area contributed by atoms with Crippen LogP contribution in [0.1, 0.15) is 11.3 Å². The molecule has 3 aromatic rings. The highest BCUT2D eigenvalue weighted by Gasteiger charge is 2.33. The summed E-state index contributed by atoms with van der Waals surface area (Å²) in [5.41, 5.74) is 0.397. The van der Waals surface area contributed by atoms with Gasteiger partial charge in [-0.25, -0.2) is 4.98 Å². The van der Waals surface area contributed by atoms with Gasteiger partial charge in [0.05, 0.1) is 5.56 Å². The summed E-state index contributed by atoms with van der Waals surface area (Å²) >= 11 is 0. The molecular formula is C15H8F3N3. The molecule has 1 N–H and O–H groups in total. The van der Waals surface area contributed by atoms with E-state index in [0.717, 1.165) is 6.07 Å². The molecule has 0 aliphatic rings.